The van der Waals surface area contributed by atoms with Gasteiger partial charge in [-0.1, -0.05) is 27.2 Å². The molecule has 0 heterocycles. The molecule has 3 nitrogen and oxygen atoms in total. The summed E-state index contributed by atoms with van der Waals surface area (Å²) in [7, 11) is -3.07. The van der Waals surface area contributed by atoms with Crippen LogP contribution in [-0.4, -0.2) is 20.2 Å². The highest BCUT2D eigenvalue weighted by molar-refractivity contribution is 7.90. The molecule has 14 heavy (non-hydrogen) atoms. The minimum absolute atomic E-state index is 0.175. The highest BCUT2D eigenvalue weighted by Gasteiger charge is 2.34. The third-order valence-electron chi connectivity index (χ3n) is 3.13. The van der Waals surface area contributed by atoms with Gasteiger partial charge in [0.15, 0.2) is 0 Å². The zero-order valence-corrected chi connectivity index (χ0v) is 10.1. The quantitative estimate of drug-likeness (QED) is 0.786. The molecule has 0 aromatic heterocycles. The Balaban J connectivity index is 2.74. The van der Waals surface area contributed by atoms with Crippen molar-refractivity contribution in [2.75, 3.05) is 6.54 Å². The summed E-state index contributed by atoms with van der Waals surface area (Å²) in [6.45, 7) is 6.51. The summed E-state index contributed by atoms with van der Waals surface area (Å²) in [4.78, 5) is 0. The van der Waals surface area contributed by atoms with Gasteiger partial charge in [0.25, 0.3) is 0 Å². The minimum atomic E-state index is -3.07. The van der Waals surface area contributed by atoms with Gasteiger partial charge in [-0.3, -0.25) is 0 Å². The van der Waals surface area contributed by atoms with Crippen LogP contribution in [0.25, 0.3) is 0 Å². The standard InChI is InChI=1S/C10H21NO2S/c1-4-11-14(12,13)10-7-8(2)5-6-9(10)3/h8-11H,4-7H2,1-3H3. The Morgan fingerprint density at radius 2 is 1.93 bits per heavy atom. The van der Waals surface area contributed by atoms with Crippen molar-refractivity contribution in [1.82, 2.24) is 4.72 Å². The van der Waals surface area contributed by atoms with Gasteiger partial charge in [0.1, 0.15) is 0 Å². The van der Waals surface area contributed by atoms with E-state index in [-0.39, 0.29) is 5.25 Å². The van der Waals surface area contributed by atoms with Crippen molar-refractivity contribution in [3.8, 4) is 0 Å². The molecule has 3 atom stereocenters. The molecule has 1 fully saturated rings. The molecule has 1 N–H and O–H groups in total. The second kappa shape index (κ2) is 4.62. The maximum Gasteiger partial charge on any atom is 0.214 e. The van der Waals surface area contributed by atoms with Gasteiger partial charge in [-0.2, -0.15) is 0 Å². The third kappa shape index (κ3) is 2.70. The molecule has 0 amide bonds. The van der Waals surface area contributed by atoms with Crippen molar-refractivity contribution in [1.29, 1.82) is 0 Å². The van der Waals surface area contributed by atoms with Crippen molar-refractivity contribution in [2.45, 2.75) is 45.3 Å². The fourth-order valence-corrected chi connectivity index (χ4v) is 4.17. The Labute approximate surface area is 87.3 Å². The van der Waals surface area contributed by atoms with Crippen LogP contribution in [0.5, 0.6) is 0 Å². The number of hydrogen-bond acceptors (Lipinski definition) is 2. The normalized spacial score (nSPS) is 34.4. The molecule has 1 saturated carbocycles. The van der Waals surface area contributed by atoms with Gasteiger partial charge in [-0.05, 0) is 24.7 Å². The minimum Gasteiger partial charge on any atom is -0.215 e. The second-order valence-corrected chi connectivity index (χ2v) is 6.46. The molecule has 0 aromatic rings. The lowest BCUT2D eigenvalue weighted by Gasteiger charge is -2.32. The first-order valence-corrected chi connectivity index (χ1v) is 7.00. The molecule has 84 valence electrons. The van der Waals surface area contributed by atoms with E-state index < -0.39 is 10.0 Å². The molecule has 1 aliphatic carbocycles. The number of sulfonamides is 1. The van der Waals surface area contributed by atoms with Crippen LogP contribution in [0.15, 0.2) is 0 Å². The first kappa shape index (κ1) is 12.0. The Hall–Kier alpha value is -0.0900. The number of hydrogen-bond donors (Lipinski definition) is 1. The summed E-state index contributed by atoms with van der Waals surface area (Å²) in [6.07, 6.45) is 3.02. The van der Waals surface area contributed by atoms with Crippen molar-refractivity contribution >= 4 is 10.0 Å². The van der Waals surface area contributed by atoms with Gasteiger partial charge in [0.2, 0.25) is 10.0 Å². The largest absolute Gasteiger partial charge is 0.215 e. The fraction of sp³-hybridized carbons (Fsp3) is 1.00. The smallest absolute Gasteiger partial charge is 0.214 e. The van der Waals surface area contributed by atoms with Gasteiger partial charge in [0, 0.05) is 6.54 Å². The van der Waals surface area contributed by atoms with Gasteiger partial charge >= 0.3 is 0 Å². The summed E-state index contributed by atoms with van der Waals surface area (Å²) in [5.41, 5.74) is 0. The summed E-state index contributed by atoms with van der Waals surface area (Å²) >= 11 is 0. The Kier molecular flexibility index (Phi) is 3.95. The van der Waals surface area contributed by atoms with E-state index >= 15 is 0 Å². The maximum absolute atomic E-state index is 11.8. The summed E-state index contributed by atoms with van der Waals surface area (Å²) in [5.74, 6) is 0.847. The van der Waals surface area contributed by atoms with Gasteiger partial charge in [0.05, 0.1) is 5.25 Å². The molecule has 0 bridgehead atoms. The Morgan fingerprint density at radius 1 is 1.29 bits per heavy atom. The average molecular weight is 219 g/mol. The zero-order valence-electron chi connectivity index (χ0n) is 9.29. The first-order valence-electron chi connectivity index (χ1n) is 5.45. The van der Waals surface area contributed by atoms with Crippen molar-refractivity contribution < 1.29 is 8.42 Å². The predicted octanol–water partition coefficient (Wildman–Crippen LogP) is 1.75. The van der Waals surface area contributed by atoms with Crippen LogP contribution in [-0.2, 0) is 10.0 Å². The maximum atomic E-state index is 11.8. The predicted molar refractivity (Wildman–Crippen MR) is 58.6 cm³/mol. The van der Waals surface area contributed by atoms with E-state index in [1.807, 2.05) is 13.8 Å². The zero-order chi connectivity index (χ0) is 10.8. The lowest BCUT2D eigenvalue weighted by atomic mass is 9.84. The van der Waals surface area contributed by atoms with Crippen LogP contribution < -0.4 is 4.72 Å². The van der Waals surface area contributed by atoms with Crippen molar-refractivity contribution in [3.63, 3.8) is 0 Å². The second-order valence-electron chi connectivity index (χ2n) is 4.48. The lowest BCUT2D eigenvalue weighted by Crippen LogP contribution is -2.41. The topological polar surface area (TPSA) is 46.2 Å². The van der Waals surface area contributed by atoms with E-state index in [4.69, 9.17) is 0 Å². The van der Waals surface area contributed by atoms with Gasteiger partial charge < -0.3 is 0 Å². The van der Waals surface area contributed by atoms with Crippen molar-refractivity contribution in [3.05, 3.63) is 0 Å². The molecule has 0 aliphatic heterocycles. The molecular formula is C10H21NO2S. The highest BCUT2D eigenvalue weighted by atomic mass is 32.2. The fourth-order valence-electron chi connectivity index (χ4n) is 2.22. The summed E-state index contributed by atoms with van der Waals surface area (Å²) in [5, 5.41) is -0.175. The van der Waals surface area contributed by atoms with Crippen molar-refractivity contribution in [2.24, 2.45) is 11.8 Å². The Bertz CT molecular complexity index is 274. The van der Waals surface area contributed by atoms with E-state index in [2.05, 4.69) is 11.6 Å². The first-order chi connectivity index (χ1) is 6.47. The third-order valence-corrected chi connectivity index (χ3v) is 5.27. The molecule has 0 aromatic carbocycles. The molecular weight excluding hydrogens is 198 g/mol. The molecule has 1 aliphatic rings. The molecule has 0 saturated heterocycles. The molecule has 3 unspecified atom stereocenters. The SMILES string of the molecule is CCNS(=O)(=O)C1CC(C)CCC1C. The molecule has 0 spiro atoms. The highest BCUT2D eigenvalue weighted by Crippen LogP contribution is 2.32. The average Bonchev–Trinajstić information content (AvgIpc) is 2.09. The van der Waals surface area contributed by atoms with Crippen LogP contribution in [0, 0.1) is 11.8 Å². The lowest BCUT2D eigenvalue weighted by molar-refractivity contribution is 0.306. The van der Waals surface area contributed by atoms with E-state index in [0.29, 0.717) is 18.4 Å². The van der Waals surface area contributed by atoms with E-state index in [0.717, 1.165) is 12.8 Å². The molecule has 1 rings (SSSR count). The summed E-state index contributed by atoms with van der Waals surface area (Å²) in [6, 6.07) is 0. The monoisotopic (exact) mass is 219 g/mol. The van der Waals surface area contributed by atoms with Crippen LogP contribution in [0.4, 0.5) is 0 Å². The van der Waals surface area contributed by atoms with Gasteiger partial charge in [-0.25, -0.2) is 13.1 Å². The van der Waals surface area contributed by atoms with Crippen LogP contribution in [0.1, 0.15) is 40.0 Å². The van der Waals surface area contributed by atoms with Crippen LogP contribution in [0.2, 0.25) is 0 Å². The molecule has 4 heteroatoms. The van der Waals surface area contributed by atoms with E-state index in [1.54, 1.807) is 0 Å². The molecule has 0 radical (unpaired) electrons. The van der Waals surface area contributed by atoms with E-state index in [1.165, 1.54) is 6.42 Å². The summed E-state index contributed by atoms with van der Waals surface area (Å²) < 4.78 is 26.3. The van der Waals surface area contributed by atoms with E-state index in [9.17, 15) is 8.42 Å². The van der Waals surface area contributed by atoms with Crippen LogP contribution >= 0.6 is 0 Å². The Morgan fingerprint density at radius 3 is 2.50 bits per heavy atom. The number of nitrogens with one attached hydrogen (secondary N) is 1. The number of rotatable bonds is 3. The van der Waals surface area contributed by atoms with Gasteiger partial charge in [-0.15, -0.1) is 0 Å². The van der Waals surface area contributed by atoms with Crippen LogP contribution in [0.3, 0.4) is 0 Å².